The Morgan fingerprint density at radius 2 is 1.35 bits per heavy atom. The summed E-state index contributed by atoms with van der Waals surface area (Å²) in [6.45, 7) is 0. The van der Waals surface area contributed by atoms with Gasteiger partial charge in [-0.15, -0.1) is 0 Å². The van der Waals surface area contributed by atoms with Crippen LogP contribution in [-0.4, -0.2) is 16.7 Å². The third kappa shape index (κ3) is 2.07. The number of nitrogens with zero attached hydrogens (tertiary/aromatic N) is 1. The van der Waals surface area contributed by atoms with Crippen LogP contribution in [-0.2, 0) is 0 Å². The predicted octanol–water partition coefficient (Wildman–Crippen LogP) is 4.94. The van der Waals surface area contributed by atoms with Gasteiger partial charge in [-0.05, 0) is 30.3 Å². The molecule has 0 N–H and O–H groups in total. The quantitative estimate of drug-likeness (QED) is 0.538. The smallest absolute Gasteiger partial charge is 0.262 e. The first-order chi connectivity index (χ1) is 12.6. The first-order valence-corrected chi connectivity index (χ1v) is 8.97. The summed E-state index contributed by atoms with van der Waals surface area (Å²) in [7, 11) is 0. The number of hydrogen-bond donors (Lipinski definition) is 0. The van der Waals surface area contributed by atoms with Crippen molar-refractivity contribution >= 4 is 27.7 Å². The van der Waals surface area contributed by atoms with Gasteiger partial charge in [0.1, 0.15) is 11.5 Å². The molecular weight excluding hydrogens is 394 g/mol. The molecule has 0 saturated heterocycles. The average molecular weight is 406 g/mol. The molecule has 0 aromatic heterocycles. The third-order valence-corrected chi connectivity index (χ3v) is 5.28. The fourth-order valence-electron chi connectivity index (χ4n) is 3.63. The molecule has 0 unspecified atom stereocenters. The van der Waals surface area contributed by atoms with Gasteiger partial charge in [0.25, 0.3) is 11.8 Å². The minimum atomic E-state index is -0.512. The second-order valence-corrected chi connectivity index (χ2v) is 7.17. The average Bonchev–Trinajstić information content (AvgIpc) is 2.90. The van der Waals surface area contributed by atoms with E-state index in [0.29, 0.717) is 22.6 Å². The van der Waals surface area contributed by atoms with Crippen LogP contribution in [0.5, 0.6) is 11.5 Å². The van der Waals surface area contributed by atoms with Crippen LogP contribution in [0.4, 0.5) is 0 Å². The Bertz CT molecular complexity index is 1050. The van der Waals surface area contributed by atoms with Crippen LogP contribution in [0.2, 0.25) is 0 Å². The van der Waals surface area contributed by atoms with Crippen molar-refractivity contribution in [2.45, 2.75) is 6.04 Å². The van der Waals surface area contributed by atoms with E-state index in [1.807, 2.05) is 48.5 Å². The summed E-state index contributed by atoms with van der Waals surface area (Å²) in [6, 6.07) is 19.7. The van der Waals surface area contributed by atoms with E-state index in [1.54, 1.807) is 18.2 Å². The third-order valence-electron chi connectivity index (χ3n) is 4.79. The number of amides is 2. The number of imide groups is 1. The summed E-state index contributed by atoms with van der Waals surface area (Å²) in [5.41, 5.74) is 2.46. The van der Waals surface area contributed by atoms with Crippen molar-refractivity contribution < 1.29 is 14.3 Å². The Morgan fingerprint density at radius 1 is 0.769 bits per heavy atom. The van der Waals surface area contributed by atoms with Crippen LogP contribution >= 0.6 is 15.9 Å². The van der Waals surface area contributed by atoms with Crippen LogP contribution < -0.4 is 4.74 Å². The zero-order valence-electron chi connectivity index (χ0n) is 13.5. The summed E-state index contributed by atoms with van der Waals surface area (Å²) in [4.78, 5) is 27.6. The van der Waals surface area contributed by atoms with Crippen molar-refractivity contribution in [2.24, 2.45) is 0 Å². The molecule has 3 aromatic carbocycles. The maximum atomic E-state index is 13.1. The molecule has 0 saturated carbocycles. The highest BCUT2D eigenvalue weighted by atomic mass is 79.9. The molecule has 126 valence electrons. The lowest BCUT2D eigenvalue weighted by Gasteiger charge is -2.33. The Balaban J connectivity index is 1.72. The number of ether oxygens (including phenoxy) is 1. The van der Waals surface area contributed by atoms with E-state index < -0.39 is 6.04 Å². The molecule has 2 aliphatic heterocycles. The van der Waals surface area contributed by atoms with E-state index in [0.717, 1.165) is 15.6 Å². The Kier molecular flexibility index (Phi) is 3.27. The minimum absolute atomic E-state index is 0.283. The number of benzene rings is 3. The van der Waals surface area contributed by atoms with Gasteiger partial charge < -0.3 is 4.74 Å². The van der Waals surface area contributed by atoms with Crippen molar-refractivity contribution in [3.63, 3.8) is 0 Å². The number of rotatable bonds is 1. The van der Waals surface area contributed by atoms with Crippen LogP contribution in [0.25, 0.3) is 0 Å². The van der Waals surface area contributed by atoms with Crippen molar-refractivity contribution in [1.29, 1.82) is 0 Å². The first-order valence-electron chi connectivity index (χ1n) is 8.18. The molecule has 5 rings (SSSR count). The predicted molar refractivity (Wildman–Crippen MR) is 99.4 cm³/mol. The van der Waals surface area contributed by atoms with Gasteiger partial charge in [-0.1, -0.05) is 52.3 Å². The van der Waals surface area contributed by atoms with E-state index in [1.165, 1.54) is 4.90 Å². The van der Waals surface area contributed by atoms with Crippen LogP contribution in [0.3, 0.4) is 0 Å². The lowest BCUT2D eigenvalue weighted by molar-refractivity contribution is 0.0603. The van der Waals surface area contributed by atoms with Gasteiger partial charge in [-0.25, -0.2) is 0 Å². The summed E-state index contributed by atoms with van der Waals surface area (Å²) >= 11 is 3.38. The topological polar surface area (TPSA) is 46.6 Å². The highest BCUT2D eigenvalue weighted by Crippen LogP contribution is 2.47. The molecule has 2 aliphatic rings. The van der Waals surface area contributed by atoms with Gasteiger partial charge >= 0.3 is 0 Å². The molecule has 0 fully saturated rings. The number of para-hydroxylation sites is 2. The number of hydrogen-bond acceptors (Lipinski definition) is 3. The first kappa shape index (κ1) is 15.3. The van der Waals surface area contributed by atoms with Crippen molar-refractivity contribution in [1.82, 2.24) is 4.90 Å². The minimum Gasteiger partial charge on any atom is -0.457 e. The van der Waals surface area contributed by atoms with Crippen LogP contribution in [0.15, 0.2) is 71.2 Å². The van der Waals surface area contributed by atoms with E-state index in [4.69, 9.17) is 4.74 Å². The molecule has 3 aromatic rings. The molecule has 2 heterocycles. The number of fused-ring (bicyclic) bond motifs is 3. The van der Waals surface area contributed by atoms with E-state index >= 15 is 0 Å². The van der Waals surface area contributed by atoms with Crippen LogP contribution in [0.1, 0.15) is 37.9 Å². The summed E-state index contributed by atoms with van der Waals surface area (Å²) in [6.07, 6.45) is 0. The number of carbonyl (C=O) groups excluding carboxylic acids is 2. The highest BCUT2D eigenvalue weighted by molar-refractivity contribution is 9.10. The van der Waals surface area contributed by atoms with Crippen molar-refractivity contribution in [3.05, 3.63) is 93.5 Å². The molecule has 5 heteroatoms. The number of halogens is 1. The Labute approximate surface area is 158 Å². The molecule has 2 amide bonds. The Morgan fingerprint density at radius 3 is 2.00 bits per heavy atom. The molecule has 26 heavy (non-hydrogen) atoms. The zero-order chi connectivity index (χ0) is 17.8. The van der Waals surface area contributed by atoms with Gasteiger partial charge in [-0.3, -0.25) is 14.5 Å². The lowest BCUT2D eigenvalue weighted by atomic mass is 9.93. The number of carbonyl (C=O) groups is 2. The van der Waals surface area contributed by atoms with Gasteiger partial charge in [-0.2, -0.15) is 0 Å². The maximum Gasteiger partial charge on any atom is 0.262 e. The second-order valence-electron chi connectivity index (χ2n) is 6.25. The molecule has 0 bridgehead atoms. The summed E-state index contributed by atoms with van der Waals surface area (Å²) in [5, 5.41) is 0. The van der Waals surface area contributed by atoms with Gasteiger partial charge in [0.15, 0.2) is 0 Å². The zero-order valence-corrected chi connectivity index (χ0v) is 15.1. The fourth-order valence-corrected chi connectivity index (χ4v) is 3.99. The monoisotopic (exact) mass is 405 g/mol. The molecule has 0 atom stereocenters. The molecule has 0 spiro atoms. The Hall–Kier alpha value is -2.92. The van der Waals surface area contributed by atoms with Crippen molar-refractivity contribution in [3.8, 4) is 11.5 Å². The summed E-state index contributed by atoms with van der Waals surface area (Å²) < 4.78 is 6.75. The molecule has 4 nitrogen and oxygen atoms in total. The van der Waals surface area contributed by atoms with E-state index in [9.17, 15) is 9.59 Å². The fraction of sp³-hybridized carbons (Fsp3) is 0.0476. The van der Waals surface area contributed by atoms with E-state index in [2.05, 4.69) is 15.9 Å². The largest absolute Gasteiger partial charge is 0.457 e. The van der Waals surface area contributed by atoms with Gasteiger partial charge in [0.05, 0.1) is 17.2 Å². The standard InChI is InChI=1S/C21H12BrNO3/c22-12-9-10-13-16(11-12)21(25)23(20(13)24)19-14-5-1-3-7-17(14)26-18-8-4-2-6-15(18)19/h1-11,19H. The molecule has 0 aliphatic carbocycles. The lowest BCUT2D eigenvalue weighted by Crippen LogP contribution is -2.36. The maximum absolute atomic E-state index is 13.1. The van der Waals surface area contributed by atoms with E-state index in [-0.39, 0.29) is 11.8 Å². The second kappa shape index (κ2) is 5.54. The van der Waals surface area contributed by atoms with Crippen molar-refractivity contribution in [2.75, 3.05) is 0 Å². The van der Waals surface area contributed by atoms with Gasteiger partial charge in [0, 0.05) is 15.6 Å². The molecule has 0 radical (unpaired) electrons. The summed E-state index contributed by atoms with van der Waals surface area (Å²) in [5.74, 6) is 0.750. The van der Waals surface area contributed by atoms with Crippen LogP contribution in [0, 0.1) is 0 Å². The SMILES string of the molecule is O=C1c2ccc(Br)cc2C(=O)N1C1c2ccccc2Oc2ccccc21. The highest BCUT2D eigenvalue weighted by Gasteiger charge is 2.44. The molecular formula is C21H12BrNO3. The normalized spacial score (nSPS) is 15.3. The van der Waals surface area contributed by atoms with Gasteiger partial charge in [0.2, 0.25) is 0 Å².